The summed E-state index contributed by atoms with van der Waals surface area (Å²) in [4.78, 5) is 18.0. The van der Waals surface area contributed by atoms with Gasteiger partial charge >= 0.3 is 5.97 Å². The van der Waals surface area contributed by atoms with Crippen molar-refractivity contribution in [3.8, 4) is 0 Å². The summed E-state index contributed by atoms with van der Waals surface area (Å²) in [6.45, 7) is 5.54. The van der Waals surface area contributed by atoms with E-state index in [0.717, 1.165) is 25.8 Å². The Morgan fingerprint density at radius 1 is 1.04 bits per heavy atom. The van der Waals surface area contributed by atoms with Crippen molar-refractivity contribution in [1.29, 1.82) is 0 Å². The molecule has 0 fully saturated rings. The molecule has 0 aliphatic heterocycles. The van der Waals surface area contributed by atoms with Crippen LogP contribution < -0.4 is 5.32 Å². The highest BCUT2D eigenvalue weighted by atomic mass is 32.1. The van der Waals surface area contributed by atoms with Gasteiger partial charge in [0.25, 0.3) is 0 Å². The van der Waals surface area contributed by atoms with Gasteiger partial charge in [0.05, 0.1) is 11.3 Å². The number of aliphatic hydroxyl groups excluding tert-OH is 1. The smallest absolute Gasteiger partial charge is 0.337 e. The lowest BCUT2D eigenvalue weighted by atomic mass is 10.1. The number of thiocarbonyl (C=S) groups is 1. The number of aliphatic imine (C=N–C) groups is 1. The number of nitrogens with one attached hydrogen (secondary N) is 1. The van der Waals surface area contributed by atoms with E-state index in [1.54, 1.807) is 24.3 Å². The molecule has 7 heteroatoms. The number of aromatic carboxylic acids is 1. The molecule has 0 aromatic heterocycles. The predicted octanol–water partition coefficient (Wildman–Crippen LogP) is 3.48. The molecule has 0 saturated carbocycles. The van der Waals surface area contributed by atoms with Gasteiger partial charge in [-0.1, -0.05) is 42.5 Å². The van der Waals surface area contributed by atoms with Gasteiger partial charge in [0, 0.05) is 25.8 Å². The number of benzene rings is 2. The minimum absolute atomic E-state index is 0.180. The van der Waals surface area contributed by atoms with E-state index < -0.39 is 5.97 Å². The first-order chi connectivity index (χ1) is 13.1. The fourth-order valence-electron chi connectivity index (χ4n) is 2.33. The second-order valence-electron chi connectivity index (χ2n) is 5.26. The standard InChI is InChI=1S/C19H21N3O2S.CH4O/c1-3-22(4-2)19(25)21-17(14-10-6-5-7-11-14)20-16-13-9-8-12-15(16)18(23)24;1-2/h5-13H,3-4H2,1-2H3,(H,23,24)(H,20,21,25);2H,1H3. The van der Waals surface area contributed by atoms with Gasteiger partial charge in [-0.25, -0.2) is 9.79 Å². The second-order valence-corrected chi connectivity index (χ2v) is 5.62. The summed E-state index contributed by atoms with van der Waals surface area (Å²) in [7, 11) is 1.00. The van der Waals surface area contributed by atoms with Gasteiger partial charge in [0.15, 0.2) is 5.11 Å². The Labute approximate surface area is 165 Å². The summed E-state index contributed by atoms with van der Waals surface area (Å²) >= 11 is 5.43. The van der Waals surface area contributed by atoms with Gasteiger partial charge in [-0.3, -0.25) is 0 Å². The molecule has 0 unspecified atom stereocenters. The molecule has 6 nitrogen and oxygen atoms in total. The Kier molecular flexibility index (Phi) is 9.71. The molecule has 0 saturated heterocycles. The molecule has 144 valence electrons. The average Bonchev–Trinajstić information content (AvgIpc) is 2.71. The molecule has 3 N–H and O–H groups in total. The minimum atomic E-state index is -0.998. The van der Waals surface area contributed by atoms with Gasteiger partial charge in [0.1, 0.15) is 5.84 Å². The Morgan fingerprint density at radius 2 is 1.59 bits per heavy atom. The molecular weight excluding hydrogens is 362 g/mol. The zero-order valence-electron chi connectivity index (χ0n) is 15.7. The lowest BCUT2D eigenvalue weighted by Gasteiger charge is -2.20. The zero-order valence-corrected chi connectivity index (χ0v) is 16.5. The zero-order chi connectivity index (χ0) is 20.2. The Bertz CT molecular complexity index is 775. The van der Waals surface area contributed by atoms with Crippen molar-refractivity contribution in [2.24, 2.45) is 4.99 Å². The summed E-state index contributed by atoms with van der Waals surface area (Å²) in [5, 5.41) is 20.0. The van der Waals surface area contributed by atoms with Crippen molar-refractivity contribution >= 4 is 34.8 Å². The molecule has 2 aromatic carbocycles. The molecule has 0 aliphatic carbocycles. The first-order valence-electron chi connectivity index (χ1n) is 8.53. The van der Waals surface area contributed by atoms with Crippen LogP contribution in [0.2, 0.25) is 0 Å². The third-order valence-corrected chi connectivity index (χ3v) is 4.05. The number of carboxylic acids is 1. The summed E-state index contributed by atoms with van der Waals surface area (Å²) in [6, 6.07) is 16.2. The van der Waals surface area contributed by atoms with Gasteiger partial charge in [-0.05, 0) is 38.2 Å². The number of amidine groups is 1. The highest BCUT2D eigenvalue weighted by Crippen LogP contribution is 2.17. The molecule has 0 heterocycles. The van der Waals surface area contributed by atoms with Crippen LogP contribution in [0.4, 0.5) is 5.69 Å². The molecular formula is C20H25N3O3S. The first kappa shape index (κ1) is 22.3. The summed E-state index contributed by atoms with van der Waals surface area (Å²) < 4.78 is 0. The van der Waals surface area contributed by atoms with Crippen LogP contribution in [0.5, 0.6) is 0 Å². The molecule has 2 rings (SSSR count). The maximum absolute atomic E-state index is 11.4. The molecule has 27 heavy (non-hydrogen) atoms. The largest absolute Gasteiger partial charge is 0.478 e. The quantitative estimate of drug-likeness (QED) is 0.414. The maximum Gasteiger partial charge on any atom is 0.337 e. The third kappa shape index (κ3) is 6.47. The molecule has 0 bridgehead atoms. The summed E-state index contributed by atoms with van der Waals surface area (Å²) in [5.41, 5.74) is 1.48. The number of carbonyl (C=O) groups is 1. The Hall–Kier alpha value is -2.77. The van der Waals surface area contributed by atoms with Gasteiger partial charge in [-0.2, -0.15) is 0 Å². The molecule has 0 amide bonds. The van der Waals surface area contributed by atoms with E-state index in [4.69, 9.17) is 17.3 Å². The molecule has 0 aliphatic rings. The molecule has 0 spiro atoms. The van der Waals surface area contributed by atoms with Crippen molar-refractivity contribution in [3.05, 3.63) is 65.7 Å². The normalized spacial score (nSPS) is 10.4. The highest BCUT2D eigenvalue weighted by molar-refractivity contribution is 7.80. The van der Waals surface area contributed by atoms with Crippen LogP contribution in [0.15, 0.2) is 59.6 Å². The SMILES string of the molecule is CCN(CC)C(=S)/N=C(/Nc1ccccc1C(=O)O)c1ccccc1.CO. The molecule has 0 radical (unpaired) electrons. The van der Waals surface area contributed by atoms with E-state index in [-0.39, 0.29) is 5.56 Å². The van der Waals surface area contributed by atoms with Crippen LogP contribution in [0, 0.1) is 0 Å². The topological polar surface area (TPSA) is 85.2 Å². The van der Waals surface area contributed by atoms with E-state index in [2.05, 4.69) is 10.3 Å². The second kappa shape index (κ2) is 11.8. The molecule has 0 atom stereocenters. The van der Waals surface area contributed by atoms with Crippen LogP contribution in [0.3, 0.4) is 0 Å². The van der Waals surface area contributed by atoms with Gasteiger partial charge < -0.3 is 20.4 Å². The Balaban J connectivity index is 0.00000176. The number of aliphatic hydroxyl groups is 1. The minimum Gasteiger partial charge on any atom is -0.478 e. The average molecular weight is 388 g/mol. The van der Waals surface area contributed by atoms with Crippen LogP contribution in [-0.4, -0.2) is 52.2 Å². The van der Waals surface area contributed by atoms with Crippen molar-refractivity contribution in [1.82, 2.24) is 4.90 Å². The highest BCUT2D eigenvalue weighted by Gasteiger charge is 2.13. The van der Waals surface area contributed by atoms with E-state index in [9.17, 15) is 9.90 Å². The van der Waals surface area contributed by atoms with Crippen molar-refractivity contribution in [3.63, 3.8) is 0 Å². The maximum atomic E-state index is 11.4. The van der Waals surface area contributed by atoms with E-state index in [0.29, 0.717) is 16.6 Å². The number of rotatable bonds is 5. The number of hydrogen-bond acceptors (Lipinski definition) is 3. The van der Waals surface area contributed by atoms with Gasteiger partial charge in [0.2, 0.25) is 0 Å². The van der Waals surface area contributed by atoms with Gasteiger partial charge in [-0.15, -0.1) is 0 Å². The van der Waals surface area contributed by atoms with Crippen molar-refractivity contribution in [2.75, 3.05) is 25.5 Å². The third-order valence-electron chi connectivity index (χ3n) is 3.70. The van der Waals surface area contributed by atoms with Crippen LogP contribution in [0.25, 0.3) is 0 Å². The fraction of sp³-hybridized carbons (Fsp3) is 0.250. The summed E-state index contributed by atoms with van der Waals surface area (Å²) in [5.74, 6) is -0.479. The predicted molar refractivity (Wildman–Crippen MR) is 114 cm³/mol. The van der Waals surface area contributed by atoms with Crippen LogP contribution in [-0.2, 0) is 0 Å². The van der Waals surface area contributed by atoms with Crippen molar-refractivity contribution in [2.45, 2.75) is 13.8 Å². The fourth-order valence-corrected chi connectivity index (χ4v) is 2.68. The lowest BCUT2D eigenvalue weighted by molar-refractivity contribution is 0.0698. The van der Waals surface area contributed by atoms with E-state index >= 15 is 0 Å². The number of hydrogen-bond donors (Lipinski definition) is 3. The lowest BCUT2D eigenvalue weighted by Crippen LogP contribution is -2.29. The van der Waals surface area contributed by atoms with Crippen LogP contribution >= 0.6 is 12.2 Å². The number of para-hydroxylation sites is 1. The van der Waals surface area contributed by atoms with E-state index in [1.807, 2.05) is 49.1 Å². The Morgan fingerprint density at radius 3 is 2.15 bits per heavy atom. The van der Waals surface area contributed by atoms with Crippen molar-refractivity contribution < 1.29 is 15.0 Å². The monoisotopic (exact) mass is 387 g/mol. The molecule has 2 aromatic rings. The number of anilines is 1. The van der Waals surface area contributed by atoms with E-state index in [1.165, 1.54) is 0 Å². The number of nitrogens with zero attached hydrogens (tertiary/aromatic N) is 2. The number of carboxylic acid groups (broad SMARTS) is 1. The van der Waals surface area contributed by atoms with Crippen LogP contribution in [0.1, 0.15) is 29.8 Å². The summed E-state index contributed by atoms with van der Waals surface area (Å²) in [6.07, 6.45) is 0. The first-order valence-corrected chi connectivity index (χ1v) is 8.94.